The Bertz CT molecular complexity index is 468. The molecule has 1 aliphatic carbocycles. The van der Waals surface area contributed by atoms with Gasteiger partial charge in [-0.2, -0.15) is 0 Å². The van der Waals surface area contributed by atoms with Crippen molar-refractivity contribution in [2.24, 2.45) is 11.8 Å². The van der Waals surface area contributed by atoms with Crippen LogP contribution >= 0.6 is 12.4 Å². The minimum Gasteiger partial charge on any atom is -0.349 e. The highest BCUT2D eigenvalue weighted by Gasteiger charge is 2.27. The molecule has 1 aromatic carbocycles. The summed E-state index contributed by atoms with van der Waals surface area (Å²) in [4.78, 5) is 12.5. The zero-order valence-electron chi connectivity index (χ0n) is 13.8. The average molecular weight is 337 g/mol. The van der Waals surface area contributed by atoms with E-state index >= 15 is 0 Å². The summed E-state index contributed by atoms with van der Waals surface area (Å²) in [6.07, 6.45) is 8.80. The van der Waals surface area contributed by atoms with E-state index in [2.05, 4.69) is 34.9 Å². The summed E-state index contributed by atoms with van der Waals surface area (Å²) in [5.74, 6) is 1.15. The minimum absolute atomic E-state index is 0. The molecule has 128 valence electrons. The lowest BCUT2D eigenvalue weighted by atomic mass is 9.83. The first kappa shape index (κ1) is 18.3. The van der Waals surface area contributed by atoms with Crippen LogP contribution in [0, 0.1) is 11.8 Å². The molecule has 0 bridgehead atoms. The Morgan fingerprint density at radius 1 is 1.13 bits per heavy atom. The Hall–Kier alpha value is -1.06. The fourth-order valence-corrected chi connectivity index (χ4v) is 3.89. The van der Waals surface area contributed by atoms with Crippen LogP contribution in [-0.2, 0) is 4.79 Å². The van der Waals surface area contributed by atoms with Crippen molar-refractivity contribution in [1.29, 1.82) is 0 Å². The molecule has 2 atom stereocenters. The van der Waals surface area contributed by atoms with Crippen LogP contribution in [0.5, 0.6) is 0 Å². The number of amides is 1. The lowest BCUT2D eigenvalue weighted by molar-refractivity contribution is -0.125. The van der Waals surface area contributed by atoms with Gasteiger partial charge in [-0.05, 0) is 30.9 Å². The Kier molecular flexibility index (Phi) is 7.38. The molecule has 3 rings (SSSR count). The smallest absolute Gasteiger partial charge is 0.224 e. The van der Waals surface area contributed by atoms with Gasteiger partial charge in [0.15, 0.2) is 0 Å². The van der Waals surface area contributed by atoms with E-state index in [1.54, 1.807) is 0 Å². The van der Waals surface area contributed by atoms with Gasteiger partial charge in [0.2, 0.25) is 5.91 Å². The fourth-order valence-electron chi connectivity index (χ4n) is 3.89. The molecular weight excluding hydrogens is 308 g/mol. The summed E-state index contributed by atoms with van der Waals surface area (Å²) in [6, 6.07) is 10.7. The molecule has 2 aliphatic rings. The fraction of sp³-hybridized carbons (Fsp3) is 0.632. The Balaban J connectivity index is 0.00000192. The maximum absolute atomic E-state index is 12.5. The minimum atomic E-state index is 0. The van der Waals surface area contributed by atoms with Crippen LogP contribution < -0.4 is 10.6 Å². The number of halogens is 1. The molecular formula is C19H29ClN2O. The van der Waals surface area contributed by atoms with Crippen LogP contribution in [0.1, 0.15) is 56.6 Å². The van der Waals surface area contributed by atoms with Crippen LogP contribution in [0.25, 0.3) is 0 Å². The van der Waals surface area contributed by atoms with Gasteiger partial charge in [0.05, 0.1) is 12.0 Å². The predicted molar refractivity (Wildman–Crippen MR) is 96.7 cm³/mol. The Labute approximate surface area is 146 Å². The first-order valence-electron chi connectivity index (χ1n) is 8.89. The molecule has 1 heterocycles. The van der Waals surface area contributed by atoms with E-state index in [-0.39, 0.29) is 30.3 Å². The first-order chi connectivity index (χ1) is 10.8. The molecule has 0 aromatic heterocycles. The summed E-state index contributed by atoms with van der Waals surface area (Å²) in [7, 11) is 0. The van der Waals surface area contributed by atoms with Crippen LogP contribution in [-0.4, -0.2) is 19.0 Å². The molecule has 2 fully saturated rings. The van der Waals surface area contributed by atoms with E-state index < -0.39 is 0 Å². The second-order valence-electron chi connectivity index (χ2n) is 6.90. The quantitative estimate of drug-likeness (QED) is 0.857. The van der Waals surface area contributed by atoms with Crippen LogP contribution in [0.4, 0.5) is 0 Å². The first-order valence-corrected chi connectivity index (χ1v) is 8.89. The SMILES string of the molecule is Cl.O=C(NC(CC1CCCCC1)c1ccccc1)C1CCNC1. The summed E-state index contributed by atoms with van der Waals surface area (Å²) < 4.78 is 0. The normalized spacial score (nSPS) is 23.0. The molecule has 0 spiro atoms. The molecule has 2 N–H and O–H groups in total. The largest absolute Gasteiger partial charge is 0.349 e. The van der Waals surface area contributed by atoms with Crippen molar-refractivity contribution in [3.05, 3.63) is 35.9 Å². The highest BCUT2D eigenvalue weighted by Crippen LogP contribution is 2.32. The highest BCUT2D eigenvalue weighted by molar-refractivity contribution is 5.85. The topological polar surface area (TPSA) is 41.1 Å². The summed E-state index contributed by atoms with van der Waals surface area (Å²) in [6.45, 7) is 1.80. The van der Waals surface area contributed by atoms with Gasteiger partial charge in [-0.1, -0.05) is 62.4 Å². The van der Waals surface area contributed by atoms with Crippen LogP contribution in [0.3, 0.4) is 0 Å². The predicted octanol–water partition coefficient (Wildman–Crippen LogP) is 3.85. The van der Waals surface area contributed by atoms with E-state index in [1.807, 2.05) is 6.07 Å². The number of carbonyl (C=O) groups excluding carboxylic acids is 1. The van der Waals surface area contributed by atoms with Gasteiger partial charge in [-0.15, -0.1) is 12.4 Å². The Morgan fingerprint density at radius 2 is 1.87 bits per heavy atom. The maximum Gasteiger partial charge on any atom is 0.224 e. The molecule has 4 heteroatoms. The molecule has 1 saturated heterocycles. The third-order valence-corrected chi connectivity index (χ3v) is 5.24. The number of benzene rings is 1. The monoisotopic (exact) mass is 336 g/mol. The van der Waals surface area contributed by atoms with Crippen LogP contribution in [0.15, 0.2) is 30.3 Å². The van der Waals surface area contributed by atoms with Gasteiger partial charge in [-0.3, -0.25) is 4.79 Å². The zero-order valence-corrected chi connectivity index (χ0v) is 14.6. The highest BCUT2D eigenvalue weighted by atomic mass is 35.5. The summed E-state index contributed by atoms with van der Waals surface area (Å²) >= 11 is 0. The lowest BCUT2D eigenvalue weighted by Crippen LogP contribution is -2.36. The van der Waals surface area contributed by atoms with E-state index in [4.69, 9.17) is 0 Å². The molecule has 1 saturated carbocycles. The van der Waals surface area contributed by atoms with E-state index in [1.165, 1.54) is 37.7 Å². The van der Waals surface area contributed by atoms with Crippen molar-refractivity contribution in [2.45, 2.75) is 51.0 Å². The molecule has 2 unspecified atom stereocenters. The van der Waals surface area contributed by atoms with Crippen molar-refractivity contribution in [2.75, 3.05) is 13.1 Å². The second-order valence-corrected chi connectivity index (χ2v) is 6.90. The Morgan fingerprint density at radius 3 is 2.52 bits per heavy atom. The van der Waals surface area contributed by atoms with Crippen molar-refractivity contribution < 1.29 is 4.79 Å². The molecule has 1 aliphatic heterocycles. The number of carbonyl (C=O) groups is 1. The van der Waals surface area contributed by atoms with Crippen molar-refractivity contribution in [1.82, 2.24) is 10.6 Å². The van der Waals surface area contributed by atoms with Crippen molar-refractivity contribution >= 4 is 18.3 Å². The van der Waals surface area contributed by atoms with Gasteiger partial charge in [0.25, 0.3) is 0 Å². The number of hydrogen-bond acceptors (Lipinski definition) is 2. The second kappa shape index (κ2) is 9.29. The third-order valence-electron chi connectivity index (χ3n) is 5.24. The van der Waals surface area contributed by atoms with Gasteiger partial charge in [-0.25, -0.2) is 0 Å². The van der Waals surface area contributed by atoms with E-state index in [9.17, 15) is 4.79 Å². The number of hydrogen-bond donors (Lipinski definition) is 2. The van der Waals surface area contributed by atoms with Crippen molar-refractivity contribution in [3.63, 3.8) is 0 Å². The number of rotatable bonds is 5. The summed E-state index contributed by atoms with van der Waals surface area (Å²) in [5.41, 5.74) is 1.26. The molecule has 23 heavy (non-hydrogen) atoms. The number of nitrogens with one attached hydrogen (secondary N) is 2. The molecule has 3 nitrogen and oxygen atoms in total. The standard InChI is InChI=1S/C19H28N2O.ClH/c22-19(17-11-12-20-14-17)21-18(16-9-5-2-6-10-16)13-15-7-3-1-4-8-15;/h2,5-6,9-10,15,17-18,20H,1,3-4,7-8,11-14H2,(H,21,22);1H. The molecule has 1 amide bonds. The maximum atomic E-state index is 12.5. The van der Waals surface area contributed by atoms with Gasteiger partial charge >= 0.3 is 0 Å². The zero-order chi connectivity index (χ0) is 15.2. The van der Waals surface area contributed by atoms with Gasteiger partial charge < -0.3 is 10.6 Å². The molecule has 1 aromatic rings. The van der Waals surface area contributed by atoms with Crippen LogP contribution in [0.2, 0.25) is 0 Å². The lowest BCUT2D eigenvalue weighted by Gasteiger charge is -2.28. The third kappa shape index (κ3) is 5.22. The average Bonchev–Trinajstić information content (AvgIpc) is 3.11. The summed E-state index contributed by atoms with van der Waals surface area (Å²) in [5, 5.41) is 6.63. The van der Waals surface area contributed by atoms with Gasteiger partial charge in [0.1, 0.15) is 0 Å². The van der Waals surface area contributed by atoms with Crippen molar-refractivity contribution in [3.8, 4) is 0 Å². The van der Waals surface area contributed by atoms with E-state index in [0.717, 1.165) is 31.8 Å². The molecule has 0 radical (unpaired) electrons. The van der Waals surface area contributed by atoms with Gasteiger partial charge in [0, 0.05) is 6.54 Å². The van der Waals surface area contributed by atoms with E-state index in [0.29, 0.717) is 0 Å².